The first-order valence-corrected chi connectivity index (χ1v) is 4.78. The molecule has 0 radical (unpaired) electrons. The fourth-order valence-electron chi connectivity index (χ4n) is 1.10. The molecule has 2 heterocycles. The van der Waals surface area contributed by atoms with E-state index in [1.54, 1.807) is 12.1 Å². The molecule has 0 aromatic carbocycles. The number of nitrogens with zero attached hydrogens (tertiary/aromatic N) is 1. The van der Waals surface area contributed by atoms with Crippen LogP contribution in [-0.4, -0.2) is 16.2 Å². The number of carboxylic acid groups (broad SMARTS) is 1. The number of carboxylic acids is 1. The highest BCUT2D eigenvalue weighted by Gasteiger charge is 2.07. The highest BCUT2D eigenvalue weighted by atomic mass is 32.1. The lowest BCUT2D eigenvalue weighted by Crippen LogP contribution is -1.96. The van der Waals surface area contributed by atoms with E-state index in [9.17, 15) is 4.79 Å². The van der Waals surface area contributed by atoms with Gasteiger partial charge in [-0.1, -0.05) is 5.16 Å². The molecule has 0 unspecified atom stereocenters. The third-order valence-electron chi connectivity index (χ3n) is 1.68. The molecule has 0 aliphatic carbocycles. The van der Waals surface area contributed by atoms with Gasteiger partial charge in [0.05, 0.1) is 11.3 Å². The van der Waals surface area contributed by atoms with E-state index < -0.39 is 5.97 Å². The molecule has 0 amide bonds. The van der Waals surface area contributed by atoms with Crippen LogP contribution in [0.1, 0.15) is 4.88 Å². The number of thiophene rings is 1. The summed E-state index contributed by atoms with van der Waals surface area (Å²) in [6, 6.07) is 5.39. The molecule has 0 aliphatic rings. The lowest BCUT2D eigenvalue weighted by molar-refractivity contribution is -0.136. The molecule has 0 bridgehead atoms. The van der Waals surface area contributed by atoms with Crippen molar-refractivity contribution < 1.29 is 14.4 Å². The topological polar surface area (TPSA) is 63.3 Å². The summed E-state index contributed by atoms with van der Waals surface area (Å²) in [6.07, 6.45) is 1.55. The minimum absolute atomic E-state index is 0.0581. The van der Waals surface area contributed by atoms with Crippen molar-refractivity contribution in [1.82, 2.24) is 5.16 Å². The van der Waals surface area contributed by atoms with Crippen LogP contribution in [0.3, 0.4) is 0 Å². The molecule has 72 valence electrons. The van der Waals surface area contributed by atoms with Crippen LogP contribution in [0.2, 0.25) is 0 Å². The Bertz CT molecular complexity index is 433. The second kappa shape index (κ2) is 3.63. The second-order valence-electron chi connectivity index (χ2n) is 2.72. The molecule has 4 nitrogen and oxygen atoms in total. The van der Waals surface area contributed by atoms with E-state index in [0.717, 1.165) is 15.4 Å². The molecular weight excluding hydrogens is 202 g/mol. The van der Waals surface area contributed by atoms with Crippen molar-refractivity contribution in [3.8, 4) is 10.6 Å². The maximum Gasteiger partial charge on any atom is 0.308 e. The molecule has 0 fully saturated rings. The molecule has 0 saturated heterocycles. The standard InChI is InChI=1S/C9H7NO3S/c11-9(12)5-6-1-2-8(14-6)7-3-4-13-10-7/h1-4H,5H2,(H,11,12). The van der Waals surface area contributed by atoms with Crippen molar-refractivity contribution in [2.45, 2.75) is 6.42 Å². The zero-order chi connectivity index (χ0) is 9.97. The Hall–Kier alpha value is -1.62. The van der Waals surface area contributed by atoms with Gasteiger partial charge in [-0.3, -0.25) is 4.79 Å². The van der Waals surface area contributed by atoms with Crippen molar-refractivity contribution in [3.63, 3.8) is 0 Å². The number of aliphatic carboxylic acids is 1. The Balaban J connectivity index is 2.22. The minimum atomic E-state index is -0.821. The van der Waals surface area contributed by atoms with Crippen molar-refractivity contribution in [2.75, 3.05) is 0 Å². The maximum atomic E-state index is 10.4. The number of hydrogen-bond donors (Lipinski definition) is 1. The first kappa shape index (κ1) is 8.96. The van der Waals surface area contributed by atoms with Gasteiger partial charge in [0.1, 0.15) is 12.0 Å². The predicted octanol–water partition coefficient (Wildman–Crippen LogP) is 2.03. The molecule has 14 heavy (non-hydrogen) atoms. The molecule has 0 spiro atoms. The quantitative estimate of drug-likeness (QED) is 0.840. The average molecular weight is 209 g/mol. The summed E-state index contributed by atoms with van der Waals surface area (Å²) < 4.78 is 4.70. The molecule has 0 aliphatic heterocycles. The number of aromatic nitrogens is 1. The van der Waals surface area contributed by atoms with E-state index in [0.29, 0.717) is 0 Å². The smallest absolute Gasteiger partial charge is 0.308 e. The third-order valence-corrected chi connectivity index (χ3v) is 2.79. The Morgan fingerprint density at radius 3 is 3.00 bits per heavy atom. The van der Waals surface area contributed by atoms with Crippen molar-refractivity contribution >= 4 is 17.3 Å². The monoisotopic (exact) mass is 209 g/mol. The summed E-state index contributed by atoms with van der Waals surface area (Å²) in [5, 5.41) is 12.3. The van der Waals surface area contributed by atoms with Crippen molar-refractivity contribution in [1.29, 1.82) is 0 Å². The molecule has 2 aromatic heterocycles. The number of carbonyl (C=O) groups is 1. The zero-order valence-electron chi connectivity index (χ0n) is 7.14. The highest BCUT2D eigenvalue weighted by molar-refractivity contribution is 7.15. The third kappa shape index (κ3) is 1.82. The summed E-state index contributed by atoms with van der Waals surface area (Å²) >= 11 is 1.42. The Morgan fingerprint density at radius 1 is 1.50 bits per heavy atom. The average Bonchev–Trinajstić information content (AvgIpc) is 2.69. The van der Waals surface area contributed by atoms with Gasteiger partial charge in [0, 0.05) is 10.9 Å². The molecule has 2 aromatic rings. The van der Waals surface area contributed by atoms with Crippen LogP contribution in [0, 0.1) is 0 Å². The molecule has 0 atom stereocenters. The van der Waals surface area contributed by atoms with Gasteiger partial charge in [-0.25, -0.2) is 0 Å². The van der Waals surface area contributed by atoms with Gasteiger partial charge in [0.25, 0.3) is 0 Å². The van der Waals surface area contributed by atoms with E-state index in [1.165, 1.54) is 17.6 Å². The number of rotatable bonds is 3. The van der Waals surface area contributed by atoms with E-state index in [2.05, 4.69) is 5.16 Å². The van der Waals surface area contributed by atoms with Gasteiger partial charge >= 0.3 is 5.97 Å². The summed E-state index contributed by atoms with van der Waals surface area (Å²) in [5.41, 5.74) is 0.742. The summed E-state index contributed by atoms with van der Waals surface area (Å²) in [6.45, 7) is 0. The second-order valence-corrected chi connectivity index (χ2v) is 3.89. The van der Waals surface area contributed by atoms with Gasteiger partial charge < -0.3 is 9.63 Å². The fourth-order valence-corrected chi connectivity index (χ4v) is 2.06. The Labute approximate surface area is 83.8 Å². The molecule has 0 saturated carbocycles. The van der Waals surface area contributed by atoms with Gasteiger partial charge in [0.2, 0.25) is 0 Å². The van der Waals surface area contributed by atoms with E-state index in [1.807, 2.05) is 6.07 Å². The van der Waals surface area contributed by atoms with Crippen LogP contribution in [0.4, 0.5) is 0 Å². The van der Waals surface area contributed by atoms with Crippen LogP contribution in [-0.2, 0) is 11.2 Å². The molecule has 5 heteroatoms. The predicted molar refractivity (Wildman–Crippen MR) is 51.2 cm³/mol. The van der Waals surface area contributed by atoms with E-state index >= 15 is 0 Å². The van der Waals surface area contributed by atoms with Gasteiger partial charge in [-0.05, 0) is 12.1 Å². The van der Waals surface area contributed by atoms with Crippen molar-refractivity contribution in [3.05, 3.63) is 29.3 Å². The maximum absolute atomic E-state index is 10.4. The highest BCUT2D eigenvalue weighted by Crippen LogP contribution is 2.26. The molecule has 2 rings (SSSR count). The first-order valence-electron chi connectivity index (χ1n) is 3.97. The van der Waals surface area contributed by atoms with Gasteiger partial charge in [0.15, 0.2) is 0 Å². The van der Waals surface area contributed by atoms with Gasteiger partial charge in [-0.15, -0.1) is 11.3 Å². The summed E-state index contributed by atoms with van der Waals surface area (Å²) in [4.78, 5) is 12.2. The molecular formula is C9H7NO3S. The van der Waals surface area contributed by atoms with Crippen molar-refractivity contribution in [2.24, 2.45) is 0 Å². The minimum Gasteiger partial charge on any atom is -0.481 e. The SMILES string of the molecule is O=C(O)Cc1ccc(-c2ccon2)s1. The van der Waals surface area contributed by atoms with Crippen LogP contribution < -0.4 is 0 Å². The van der Waals surface area contributed by atoms with Crippen LogP contribution in [0.25, 0.3) is 10.6 Å². The Kier molecular flexibility index (Phi) is 2.32. The normalized spacial score (nSPS) is 10.3. The first-order chi connectivity index (χ1) is 6.75. The molecule has 1 N–H and O–H groups in total. The summed E-state index contributed by atoms with van der Waals surface area (Å²) in [7, 11) is 0. The lowest BCUT2D eigenvalue weighted by atomic mass is 10.3. The van der Waals surface area contributed by atoms with Crippen LogP contribution in [0.5, 0.6) is 0 Å². The largest absolute Gasteiger partial charge is 0.481 e. The van der Waals surface area contributed by atoms with E-state index in [-0.39, 0.29) is 6.42 Å². The summed E-state index contributed by atoms with van der Waals surface area (Å²) in [5.74, 6) is -0.821. The Morgan fingerprint density at radius 2 is 2.36 bits per heavy atom. The van der Waals surface area contributed by atoms with E-state index in [4.69, 9.17) is 9.63 Å². The van der Waals surface area contributed by atoms with Gasteiger partial charge in [-0.2, -0.15) is 0 Å². The van der Waals surface area contributed by atoms with Crippen LogP contribution >= 0.6 is 11.3 Å². The van der Waals surface area contributed by atoms with Crippen LogP contribution in [0.15, 0.2) is 29.0 Å². The number of hydrogen-bond acceptors (Lipinski definition) is 4. The fraction of sp³-hybridized carbons (Fsp3) is 0.111. The lowest BCUT2D eigenvalue weighted by Gasteiger charge is -1.88. The zero-order valence-corrected chi connectivity index (χ0v) is 7.95.